The van der Waals surface area contributed by atoms with E-state index in [1.165, 1.54) is 18.2 Å². The number of aromatic nitrogens is 2. The van der Waals surface area contributed by atoms with Gasteiger partial charge in [-0.25, -0.2) is 4.79 Å². The van der Waals surface area contributed by atoms with Crippen molar-refractivity contribution in [2.45, 2.75) is 19.5 Å². The minimum atomic E-state index is -4.50. The third-order valence-corrected chi connectivity index (χ3v) is 5.56. The van der Waals surface area contributed by atoms with E-state index < -0.39 is 17.7 Å². The van der Waals surface area contributed by atoms with Gasteiger partial charge in [0.15, 0.2) is 0 Å². The Bertz CT molecular complexity index is 1400. The molecule has 4 rings (SSSR count). The number of halogens is 3. The molecule has 3 aromatic carbocycles. The van der Waals surface area contributed by atoms with Gasteiger partial charge in [-0.15, -0.1) is 0 Å². The Balaban J connectivity index is 1.97. The molecule has 0 amide bonds. The maximum absolute atomic E-state index is 13.9. The molecule has 0 spiro atoms. The van der Waals surface area contributed by atoms with Crippen molar-refractivity contribution in [1.82, 2.24) is 10.2 Å². The van der Waals surface area contributed by atoms with Gasteiger partial charge in [0.05, 0.1) is 17.3 Å². The molecule has 2 N–H and O–H groups in total. The van der Waals surface area contributed by atoms with Crippen LogP contribution >= 0.6 is 0 Å². The molecular weight excluding hydrogens is 441 g/mol. The van der Waals surface area contributed by atoms with Crippen molar-refractivity contribution in [3.8, 4) is 0 Å². The number of aliphatic carboxylic acids is 1. The summed E-state index contributed by atoms with van der Waals surface area (Å²) >= 11 is 0. The number of alkyl halides is 3. The van der Waals surface area contributed by atoms with Gasteiger partial charge in [-0.1, -0.05) is 55.5 Å². The monoisotopic (exact) mass is 462 g/mol. The van der Waals surface area contributed by atoms with Crippen LogP contribution in [0.1, 0.15) is 41.2 Å². The Hall–Kier alpha value is -4.13. The molecule has 0 radical (unpaired) electrons. The zero-order valence-corrected chi connectivity index (χ0v) is 18.2. The first-order valence-electron chi connectivity index (χ1n) is 10.6. The zero-order valence-electron chi connectivity index (χ0n) is 18.2. The number of hydrogen-bond donors (Lipinski definition) is 2. The molecule has 1 aromatic heterocycles. The molecule has 0 saturated carbocycles. The summed E-state index contributed by atoms with van der Waals surface area (Å²) in [7, 11) is 0. The minimum Gasteiger partial charge on any atom is -0.478 e. The number of carboxylic acid groups (broad SMARTS) is 1. The molecule has 172 valence electrons. The smallest absolute Gasteiger partial charge is 0.416 e. The van der Waals surface area contributed by atoms with Gasteiger partial charge in [-0.05, 0) is 64.1 Å². The van der Waals surface area contributed by atoms with Crippen molar-refractivity contribution in [2.75, 3.05) is 0 Å². The number of benzene rings is 3. The molecule has 0 fully saturated rings. The number of hydrogen-bond acceptors (Lipinski definition) is 2. The highest BCUT2D eigenvalue weighted by molar-refractivity contribution is 6.01. The van der Waals surface area contributed by atoms with E-state index in [0.717, 1.165) is 34.2 Å². The molecule has 0 aliphatic carbocycles. The molecule has 0 bridgehead atoms. The highest BCUT2D eigenvalue weighted by Crippen LogP contribution is 2.41. The SMILES string of the molecule is CCC(=C(c1ccc(C=CC(=O)O)cc1)c1ccc2[nH]ncc2c1)c1ccccc1C(F)(F)F. The van der Waals surface area contributed by atoms with Gasteiger partial charge in [-0.3, -0.25) is 5.10 Å². The summed E-state index contributed by atoms with van der Waals surface area (Å²) in [5, 5.41) is 16.6. The lowest BCUT2D eigenvalue weighted by atomic mass is 9.86. The summed E-state index contributed by atoms with van der Waals surface area (Å²) in [5.41, 5.74) is 3.67. The van der Waals surface area contributed by atoms with Gasteiger partial charge in [0.1, 0.15) is 0 Å². The number of aromatic amines is 1. The fourth-order valence-electron chi connectivity index (χ4n) is 4.04. The summed E-state index contributed by atoms with van der Waals surface area (Å²) in [5.74, 6) is -1.06. The number of nitrogens with zero attached hydrogens (tertiary/aromatic N) is 1. The van der Waals surface area contributed by atoms with Gasteiger partial charge >= 0.3 is 12.1 Å². The van der Waals surface area contributed by atoms with Crippen LogP contribution in [0.3, 0.4) is 0 Å². The highest BCUT2D eigenvalue weighted by atomic mass is 19.4. The quantitative estimate of drug-likeness (QED) is 0.238. The van der Waals surface area contributed by atoms with E-state index in [4.69, 9.17) is 5.11 Å². The maximum atomic E-state index is 13.9. The normalized spacial score (nSPS) is 12.8. The fraction of sp³-hybridized carbons (Fsp3) is 0.111. The van der Waals surface area contributed by atoms with E-state index in [-0.39, 0.29) is 5.56 Å². The predicted molar refractivity (Wildman–Crippen MR) is 127 cm³/mol. The lowest BCUT2D eigenvalue weighted by Crippen LogP contribution is -2.09. The second kappa shape index (κ2) is 9.39. The number of fused-ring (bicyclic) bond motifs is 1. The molecular formula is C27H21F3N2O2. The van der Waals surface area contributed by atoms with E-state index in [1.807, 2.05) is 25.1 Å². The van der Waals surface area contributed by atoms with Crippen LogP contribution in [0.4, 0.5) is 13.2 Å². The molecule has 4 aromatic rings. The van der Waals surface area contributed by atoms with E-state index in [1.54, 1.807) is 36.5 Å². The molecule has 1 heterocycles. The minimum absolute atomic E-state index is 0.134. The topological polar surface area (TPSA) is 66.0 Å². The summed E-state index contributed by atoms with van der Waals surface area (Å²) in [6.07, 6.45) is 0.0442. The summed E-state index contributed by atoms with van der Waals surface area (Å²) < 4.78 is 41.7. The Morgan fingerprint density at radius 3 is 2.41 bits per heavy atom. The molecule has 0 saturated heterocycles. The van der Waals surface area contributed by atoms with E-state index in [2.05, 4.69) is 10.2 Å². The number of allylic oxidation sites excluding steroid dienone is 1. The second-order valence-corrected chi connectivity index (χ2v) is 7.72. The summed E-state index contributed by atoms with van der Waals surface area (Å²) in [6, 6.07) is 18.3. The van der Waals surface area contributed by atoms with Crippen LogP contribution in [0.15, 0.2) is 79.0 Å². The van der Waals surface area contributed by atoms with Gasteiger partial charge in [0, 0.05) is 11.5 Å². The first kappa shape index (κ1) is 23.0. The molecule has 0 atom stereocenters. The van der Waals surface area contributed by atoms with Crippen molar-refractivity contribution in [2.24, 2.45) is 0 Å². The van der Waals surface area contributed by atoms with Crippen molar-refractivity contribution < 1.29 is 23.1 Å². The van der Waals surface area contributed by atoms with Crippen LogP contribution in [-0.2, 0) is 11.0 Å². The fourth-order valence-corrected chi connectivity index (χ4v) is 4.04. The molecule has 7 heteroatoms. The first-order valence-corrected chi connectivity index (χ1v) is 10.6. The third kappa shape index (κ3) is 4.78. The molecule has 0 unspecified atom stereocenters. The van der Waals surface area contributed by atoms with Crippen LogP contribution < -0.4 is 0 Å². The Kier molecular flexibility index (Phi) is 6.36. The third-order valence-electron chi connectivity index (χ3n) is 5.56. The first-order chi connectivity index (χ1) is 16.3. The average molecular weight is 462 g/mol. The average Bonchev–Trinajstić information content (AvgIpc) is 3.29. The van der Waals surface area contributed by atoms with E-state index in [0.29, 0.717) is 23.1 Å². The van der Waals surface area contributed by atoms with E-state index >= 15 is 0 Å². The Morgan fingerprint density at radius 2 is 1.74 bits per heavy atom. The van der Waals surface area contributed by atoms with Gasteiger partial charge in [-0.2, -0.15) is 18.3 Å². The second-order valence-electron chi connectivity index (χ2n) is 7.72. The maximum Gasteiger partial charge on any atom is 0.416 e. The van der Waals surface area contributed by atoms with E-state index in [9.17, 15) is 18.0 Å². The van der Waals surface area contributed by atoms with Crippen LogP contribution in [0.2, 0.25) is 0 Å². The predicted octanol–water partition coefficient (Wildman–Crippen LogP) is 7.05. The largest absolute Gasteiger partial charge is 0.478 e. The van der Waals surface area contributed by atoms with Gasteiger partial charge in [0.2, 0.25) is 0 Å². The Morgan fingerprint density at radius 1 is 1.03 bits per heavy atom. The standard InChI is InChI=1S/C27H21F3N2O2/c1-2-21(22-5-3-4-6-23(22)27(28,29)30)26(19-12-13-24-20(15-19)16-31-32-24)18-10-7-17(8-11-18)9-14-25(33)34/h3-16H,2H2,1H3,(H,31,32)(H,33,34). The molecule has 0 aliphatic heterocycles. The lowest BCUT2D eigenvalue weighted by molar-refractivity contribution is -0.137. The summed E-state index contributed by atoms with van der Waals surface area (Å²) in [4.78, 5) is 10.8. The molecule has 0 aliphatic rings. The number of carboxylic acids is 1. The van der Waals surface area contributed by atoms with Crippen molar-refractivity contribution in [1.29, 1.82) is 0 Å². The van der Waals surface area contributed by atoms with Crippen LogP contribution in [0.5, 0.6) is 0 Å². The van der Waals surface area contributed by atoms with Crippen LogP contribution in [0, 0.1) is 0 Å². The van der Waals surface area contributed by atoms with Crippen LogP contribution in [-0.4, -0.2) is 21.3 Å². The number of nitrogens with one attached hydrogen (secondary N) is 1. The highest BCUT2D eigenvalue weighted by Gasteiger charge is 2.34. The van der Waals surface area contributed by atoms with Gasteiger partial charge in [0.25, 0.3) is 0 Å². The molecule has 4 nitrogen and oxygen atoms in total. The summed E-state index contributed by atoms with van der Waals surface area (Å²) in [6.45, 7) is 1.84. The lowest BCUT2D eigenvalue weighted by Gasteiger charge is -2.20. The molecule has 34 heavy (non-hydrogen) atoms. The Labute approximate surface area is 194 Å². The number of carbonyl (C=O) groups is 1. The number of rotatable bonds is 6. The van der Waals surface area contributed by atoms with Crippen molar-refractivity contribution in [3.05, 3.63) is 107 Å². The van der Waals surface area contributed by atoms with Crippen molar-refractivity contribution in [3.63, 3.8) is 0 Å². The van der Waals surface area contributed by atoms with Crippen LogP contribution in [0.25, 0.3) is 28.1 Å². The zero-order chi connectivity index (χ0) is 24.3. The van der Waals surface area contributed by atoms with Crippen molar-refractivity contribution >= 4 is 34.1 Å². The van der Waals surface area contributed by atoms with Gasteiger partial charge < -0.3 is 5.11 Å². The number of H-pyrrole nitrogens is 1.